The molecule has 0 fully saturated rings. The highest BCUT2D eigenvalue weighted by molar-refractivity contribution is 5.65. The lowest BCUT2D eigenvalue weighted by Crippen LogP contribution is -1.96. The van der Waals surface area contributed by atoms with Crippen LogP contribution in [0.15, 0.2) is 42.7 Å². The second kappa shape index (κ2) is 3.27. The van der Waals surface area contributed by atoms with Gasteiger partial charge in [0.2, 0.25) is 0 Å². The Kier molecular flexibility index (Phi) is 1.96. The molecule has 0 aliphatic rings. The molecule has 0 spiro atoms. The first-order valence-electron chi connectivity index (χ1n) is 4.21. The molecular weight excluding hydrogens is 174 g/mol. The van der Waals surface area contributed by atoms with Gasteiger partial charge in [0.25, 0.3) is 0 Å². The molecule has 14 heavy (non-hydrogen) atoms. The molecule has 0 aliphatic carbocycles. The molecule has 3 heteroatoms. The zero-order valence-electron chi connectivity index (χ0n) is 7.51. The van der Waals surface area contributed by atoms with Gasteiger partial charge in [-0.05, 0) is 24.3 Å². The van der Waals surface area contributed by atoms with Crippen molar-refractivity contribution in [1.29, 1.82) is 0 Å². The quantitative estimate of drug-likeness (QED) is 0.535. The lowest BCUT2D eigenvalue weighted by molar-refractivity contribution is 1.09. The molecular formula is C11H9N3. The van der Waals surface area contributed by atoms with Crippen molar-refractivity contribution in [2.45, 2.75) is 0 Å². The predicted molar refractivity (Wildman–Crippen MR) is 56.4 cm³/mol. The van der Waals surface area contributed by atoms with E-state index in [0.29, 0.717) is 11.4 Å². The van der Waals surface area contributed by atoms with Gasteiger partial charge in [0.15, 0.2) is 5.69 Å². The summed E-state index contributed by atoms with van der Waals surface area (Å²) in [5.74, 6) is 0. The third-order valence-electron chi connectivity index (χ3n) is 2.03. The molecule has 3 nitrogen and oxygen atoms in total. The Hall–Kier alpha value is -2.21. The Bertz CT molecular complexity index is 478. The van der Waals surface area contributed by atoms with E-state index in [1.165, 1.54) is 0 Å². The summed E-state index contributed by atoms with van der Waals surface area (Å²) in [7, 11) is 0. The number of nitrogens with two attached hydrogens (primary N) is 1. The number of nitrogens with zero attached hydrogens (tertiary/aromatic N) is 2. The summed E-state index contributed by atoms with van der Waals surface area (Å²) in [6.45, 7) is 6.91. The molecule has 0 saturated carbocycles. The predicted octanol–water partition coefficient (Wildman–Crippen LogP) is 2.61. The number of nitrogen functional groups attached to an aromatic ring is 1. The normalized spacial score (nSPS) is 9.64. The maximum absolute atomic E-state index is 6.91. The van der Waals surface area contributed by atoms with Crippen LogP contribution in [0.2, 0.25) is 0 Å². The lowest BCUT2D eigenvalue weighted by Gasteiger charge is -2.06. The topological polar surface area (TPSA) is 35.3 Å². The zero-order chi connectivity index (χ0) is 9.97. The fourth-order valence-corrected chi connectivity index (χ4v) is 1.32. The zero-order valence-corrected chi connectivity index (χ0v) is 7.51. The van der Waals surface area contributed by atoms with Crippen LogP contribution in [0, 0.1) is 6.57 Å². The lowest BCUT2D eigenvalue weighted by atomic mass is 10.2. The minimum Gasteiger partial charge on any atom is -0.397 e. The van der Waals surface area contributed by atoms with Crippen molar-refractivity contribution in [2.24, 2.45) is 0 Å². The Labute approximate surface area is 82.2 Å². The van der Waals surface area contributed by atoms with Gasteiger partial charge in [0.1, 0.15) is 0 Å². The van der Waals surface area contributed by atoms with E-state index in [1.807, 2.05) is 29.1 Å². The van der Waals surface area contributed by atoms with Crippen LogP contribution in [0.1, 0.15) is 0 Å². The third kappa shape index (κ3) is 1.34. The Morgan fingerprint density at radius 1 is 1.21 bits per heavy atom. The van der Waals surface area contributed by atoms with Crippen molar-refractivity contribution < 1.29 is 0 Å². The van der Waals surface area contributed by atoms with E-state index in [2.05, 4.69) is 4.85 Å². The highest BCUT2D eigenvalue weighted by Gasteiger charge is 2.01. The smallest absolute Gasteiger partial charge is 0.189 e. The first-order chi connectivity index (χ1) is 6.81. The summed E-state index contributed by atoms with van der Waals surface area (Å²) in [4.78, 5) is 3.36. The average Bonchev–Trinajstić information content (AvgIpc) is 2.71. The fraction of sp³-hybridized carbons (Fsp3) is 0. The summed E-state index contributed by atoms with van der Waals surface area (Å²) in [5, 5.41) is 0. The van der Waals surface area contributed by atoms with Crippen LogP contribution in [0.25, 0.3) is 10.5 Å². The van der Waals surface area contributed by atoms with Gasteiger partial charge in [-0.1, -0.05) is 6.07 Å². The maximum Gasteiger partial charge on any atom is 0.189 e. The van der Waals surface area contributed by atoms with Gasteiger partial charge < -0.3 is 10.3 Å². The summed E-state index contributed by atoms with van der Waals surface area (Å²) < 4.78 is 1.89. The summed E-state index contributed by atoms with van der Waals surface area (Å²) in [6.07, 6.45) is 3.80. The van der Waals surface area contributed by atoms with Crippen LogP contribution < -0.4 is 5.73 Å². The fourth-order valence-electron chi connectivity index (χ4n) is 1.32. The van der Waals surface area contributed by atoms with Crippen LogP contribution in [0.4, 0.5) is 11.4 Å². The van der Waals surface area contributed by atoms with Crippen molar-refractivity contribution in [3.63, 3.8) is 0 Å². The minimum atomic E-state index is 0.600. The molecule has 0 aliphatic heterocycles. The molecule has 2 N–H and O–H groups in total. The molecule has 0 amide bonds. The largest absolute Gasteiger partial charge is 0.397 e. The van der Waals surface area contributed by atoms with Gasteiger partial charge in [-0.25, -0.2) is 4.85 Å². The minimum absolute atomic E-state index is 0.600. The Morgan fingerprint density at radius 3 is 2.57 bits per heavy atom. The van der Waals surface area contributed by atoms with Crippen LogP contribution in [0.5, 0.6) is 0 Å². The molecule has 0 radical (unpaired) electrons. The highest BCUT2D eigenvalue weighted by Crippen LogP contribution is 2.23. The monoisotopic (exact) mass is 183 g/mol. The van der Waals surface area contributed by atoms with Gasteiger partial charge in [-0.2, -0.15) is 0 Å². The van der Waals surface area contributed by atoms with Crippen molar-refractivity contribution in [3.8, 4) is 5.69 Å². The van der Waals surface area contributed by atoms with Crippen molar-refractivity contribution in [1.82, 2.24) is 4.57 Å². The van der Waals surface area contributed by atoms with E-state index in [9.17, 15) is 0 Å². The number of hydrogen-bond donors (Lipinski definition) is 1. The second-order valence-corrected chi connectivity index (χ2v) is 2.95. The molecule has 68 valence electrons. The average molecular weight is 183 g/mol. The summed E-state index contributed by atoms with van der Waals surface area (Å²) >= 11 is 0. The second-order valence-electron chi connectivity index (χ2n) is 2.95. The van der Waals surface area contributed by atoms with Crippen LogP contribution in [0.3, 0.4) is 0 Å². The number of hydrogen-bond acceptors (Lipinski definition) is 1. The van der Waals surface area contributed by atoms with Gasteiger partial charge in [0, 0.05) is 12.4 Å². The molecule has 1 aromatic heterocycles. The van der Waals surface area contributed by atoms with E-state index < -0.39 is 0 Å². The van der Waals surface area contributed by atoms with Gasteiger partial charge in [-0.15, -0.1) is 0 Å². The van der Waals surface area contributed by atoms with Crippen molar-refractivity contribution >= 4 is 11.4 Å². The van der Waals surface area contributed by atoms with Crippen molar-refractivity contribution in [3.05, 3.63) is 54.1 Å². The standard InChI is InChI=1S/C11H9N3/c1-13-9-4-5-10(12)11(8-9)14-6-2-3-7-14/h2-8H,12H2. The van der Waals surface area contributed by atoms with E-state index in [1.54, 1.807) is 18.2 Å². The number of aromatic nitrogens is 1. The Balaban J connectivity index is 2.58. The molecule has 0 bridgehead atoms. The summed E-state index contributed by atoms with van der Waals surface area (Å²) in [5.41, 5.74) is 7.94. The molecule has 0 unspecified atom stereocenters. The van der Waals surface area contributed by atoms with Crippen LogP contribution in [-0.4, -0.2) is 4.57 Å². The first-order valence-corrected chi connectivity index (χ1v) is 4.21. The number of rotatable bonds is 1. The SMILES string of the molecule is [C-]#[N+]c1ccc(N)c(-n2cccc2)c1. The molecule has 2 rings (SSSR count). The number of benzene rings is 1. The highest BCUT2D eigenvalue weighted by atomic mass is 15.0. The van der Waals surface area contributed by atoms with E-state index in [-0.39, 0.29) is 0 Å². The number of anilines is 1. The van der Waals surface area contributed by atoms with Gasteiger partial charge >= 0.3 is 0 Å². The molecule has 1 aromatic carbocycles. The van der Waals surface area contributed by atoms with Gasteiger partial charge in [-0.3, -0.25) is 0 Å². The molecule has 1 heterocycles. The third-order valence-corrected chi connectivity index (χ3v) is 2.03. The van der Waals surface area contributed by atoms with Crippen LogP contribution >= 0.6 is 0 Å². The molecule has 0 atom stereocenters. The molecule has 0 saturated heterocycles. The summed E-state index contributed by atoms with van der Waals surface area (Å²) in [6, 6.07) is 9.09. The van der Waals surface area contributed by atoms with E-state index in [0.717, 1.165) is 5.69 Å². The van der Waals surface area contributed by atoms with E-state index >= 15 is 0 Å². The van der Waals surface area contributed by atoms with Crippen LogP contribution in [-0.2, 0) is 0 Å². The van der Waals surface area contributed by atoms with Crippen molar-refractivity contribution in [2.75, 3.05) is 5.73 Å². The van der Waals surface area contributed by atoms with E-state index in [4.69, 9.17) is 12.3 Å². The van der Waals surface area contributed by atoms with Gasteiger partial charge in [0.05, 0.1) is 17.9 Å². The first kappa shape index (κ1) is 8.39. The molecule has 2 aromatic rings. The maximum atomic E-state index is 6.91. The Morgan fingerprint density at radius 2 is 1.93 bits per heavy atom.